The first-order valence-electron chi connectivity index (χ1n) is 8.59. The quantitative estimate of drug-likeness (QED) is 0.498. The average molecular weight is 380 g/mol. The summed E-state index contributed by atoms with van der Waals surface area (Å²) in [6, 6.07) is 12.4. The predicted molar refractivity (Wildman–Crippen MR) is 103 cm³/mol. The number of carbonyl (C=O) groups is 1. The number of ether oxygens (including phenoxy) is 2. The normalized spacial score (nSPS) is 11.2. The molecule has 3 aromatic rings. The van der Waals surface area contributed by atoms with E-state index >= 15 is 0 Å². The van der Waals surface area contributed by atoms with Crippen molar-refractivity contribution in [2.75, 3.05) is 14.2 Å². The highest BCUT2D eigenvalue weighted by atomic mass is 16.5. The molecule has 0 aliphatic rings. The van der Waals surface area contributed by atoms with Crippen molar-refractivity contribution in [2.24, 2.45) is 5.10 Å². The summed E-state index contributed by atoms with van der Waals surface area (Å²) in [5, 5.41) is 15.3. The van der Waals surface area contributed by atoms with E-state index in [4.69, 9.17) is 9.47 Å². The molecule has 0 aliphatic heterocycles. The summed E-state index contributed by atoms with van der Waals surface area (Å²) in [5.41, 5.74) is 5.39. The maximum absolute atomic E-state index is 12.4. The highest BCUT2D eigenvalue weighted by molar-refractivity contribution is 6.02. The highest BCUT2D eigenvalue weighted by Gasteiger charge is 2.10. The van der Waals surface area contributed by atoms with Gasteiger partial charge < -0.3 is 9.47 Å². The number of benzene rings is 2. The number of nitrogens with zero attached hydrogens (tertiary/aromatic N) is 5. The van der Waals surface area contributed by atoms with E-state index in [1.165, 1.54) is 11.0 Å². The Hall–Kier alpha value is -3.75. The van der Waals surface area contributed by atoms with Crippen LogP contribution >= 0.6 is 0 Å². The Morgan fingerprint density at radius 3 is 2.39 bits per heavy atom. The minimum absolute atomic E-state index is 0.310. The first-order chi connectivity index (χ1) is 13.7. The molecule has 0 radical (unpaired) electrons. The van der Waals surface area contributed by atoms with E-state index < -0.39 is 0 Å². The second kappa shape index (κ2) is 8.76. The van der Waals surface area contributed by atoms with Gasteiger partial charge in [-0.1, -0.05) is 6.92 Å². The first kappa shape index (κ1) is 19.0. The maximum Gasteiger partial charge on any atom is 0.271 e. The lowest BCUT2D eigenvalue weighted by Gasteiger charge is -2.11. The van der Waals surface area contributed by atoms with Crippen LogP contribution in [0, 0.1) is 0 Å². The van der Waals surface area contributed by atoms with Gasteiger partial charge in [-0.2, -0.15) is 5.10 Å². The monoisotopic (exact) mass is 380 g/mol. The Morgan fingerprint density at radius 2 is 1.79 bits per heavy atom. The molecule has 1 heterocycles. The van der Waals surface area contributed by atoms with E-state index in [1.807, 2.05) is 19.1 Å². The molecular weight excluding hydrogens is 360 g/mol. The van der Waals surface area contributed by atoms with Gasteiger partial charge in [0.25, 0.3) is 5.91 Å². The van der Waals surface area contributed by atoms with Gasteiger partial charge in [0.2, 0.25) is 0 Å². The lowest BCUT2D eigenvalue weighted by atomic mass is 10.1. The van der Waals surface area contributed by atoms with Crippen molar-refractivity contribution < 1.29 is 14.3 Å². The van der Waals surface area contributed by atoms with Crippen molar-refractivity contribution in [3.05, 3.63) is 59.9 Å². The molecule has 0 atom stereocenters. The van der Waals surface area contributed by atoms with Crippen molar-refractivity contribution in [1.29, 1.82) is 0 Å². The zero-order chi connectivity index (χ0) is 19.9. The van der Waals surface area contributed by atoms with Crippen molar-refractivity contribution in [1.82, 2.24) is 25.6 Å². The molecule has 1 amide bonds. The van der Waals surface area contributed by atoms with E-state index in [1.54, 1.807) is 44.6 Å². The van der Waals surface area contributed by atoms with Crippen LogP contribution in [0.4, 0.5) is 0 Å². The molecule has 0 saturated heterocycles. The van der Waals surface area contributed by atoms with Crippen LogP contribution in [0.25, 0.3) is 5.69 Å². The van der Waals surface area contributed by atoms with E-state index in [2.05, 4.69) is 26.1 Å². The lowest BCUT2D eigenvalue weighted by Crippen LogP contribution is -2.20. The largest absolute Gasteiger partial charge is 0.493 e. The van der Waals surface area contributed by atoms with Gasteiger partial charge in [-0.3, -0.25) is 4.79 Å². The Morgan fingerprint density at radius 1 is 1.07 bits per heavy atom. The van der Waals surface area contributed by atoms with Gasteiger partial charge in [-0.25, -0.2) is 10.1 Å². The molecule has 9 heteroatoms. The average Bonchev–Trinajstić information content (AvgIpc) is 3.29. The number of aromatic nitrogens is 4. The van der Waals surface area contributed by atoms with Crippen LogP contribution in [0.2, 0.25) is 0 Å². The van der Waals surface area contributed by atoms with Gasteiger partial charge in [0.05, 0.1) is 25.6 Å². The molecule has 9 nitrogen and oxygen atoms in total. The van der Waals surface area contributed by atoms with E-state index in [-0.39, 0.29) is 5.91 Å². The number of hydrazone groups is 1. The van der Waals surface area contributed by atoms with Crippen molar-refractivity contribution >= 4 is 11.6 Å². The predicted octanol–water partition coefficient (Wildman–Crippen LogP) is 2.22. The standard InChI is InChI=1S/C19H20N6O3/c1-4-16(14-7-10-17(27-2)18(11-14)28-3)21-22-19(26)13-5-8-15(9-6-13)25-12-20-23-24-25/h5-12H,4H2,1-3H3,(H,22,26)/b21-16+. The third kappa shape index (κ3) is 4.14. The molecule has 0 unspecified atom stereocenters. The molecule has 144 valence electrons. The molecule has 0 saturated carbocycles. The summed E-state index contributed by atoms with van der Waals surface area (Å²) in [5.74, 6) is 0.925. The SMILES string of the molecule is CC/C(=N\NC(=O)c1ccc(-n2cnnn2)cc1)c1ccc(OC)c(OC)c1. The van der Waals surface area contributed by atoms with Crippen LogP contribution in [-0.2, 0) is 0 Å². The Balaban J connectivity index is 1.74. The topological polar surface area (TPSA) is 104 Å². The summed E-state index contributed by atoms with van der Waals surface area (Å²) in [7, 11) is 3.16. The number of tetrazole rings is 1. The van der Waals surface area contributed by atoms with Gasteiger partial charge in [0.1, 0.15) is 6.33 Å². The number of rotatable bonds is 7. The molecule has 1 aromatic heterocycles. The summed E-state index contributed by atoms with van der Waals surface area (Å²) >= 11 is 0. The summed E-state index contributed by atoms with van der Waals surface area (Å²) in [6.07, 6.45) is 2.12. The van der Waals surface area contributed by atoms with Gasteiger partial charge in [0.15, 0.2) is 11.5 Å². The third-order valence-electron chi connectivity index (χ3n) is 4.09. The smallest absolute Gasteiger partial charge is 0.271 e. The summed E-state index contributed by atoms with van der Waals surface area (Å²) in [4.78, 5) is 12.4. The van der Waals surface area contributed by atoms with Crippen LogP contribution in [0.15, 0.2) is 53.9 Å². The highest BCUT2D eigenvalue weighted by Crippen LogP contribution is 2.28. The Kier molecular flexibility index (Phi) is 5.95. The zero-order valence-electron chi connectivity index (χ0n) is 15.8. The van der Waals surface area contributed by atoms with Crippen LogP contribution in [0.3, 0.4) is 0 Å². The Labute approximate surface area is 162 Å². The van der Waals surface area contributed by atoms with Crippen LogP contribution in [-0.4, -0.2) is 46.0 Å². The molecule has 3 rings (SSSR count). The third-order valence-corrected chi connectivity index (χ3v) is 4.09. The van der Waals surface area contributed by atoms with Crippen molar-refractivity contribution in [3.8, 4) is 17.2 Å². The molecule has 0 fully saturated rings. The minimum Gasteiger partial charge on any atom is -0.493 e. The van der Waals surface area contributed by atoms with Crippen LogP contribution in [0.5, 0.6) is 11.5 Å². The van der Waals surface area contributed by atoms with Crippen molar-refractivity contribution in [2.45, 2.75) is 13.3 Å². The zero-order valence-corrected chi connectivity index (χ0v) is 15.8. The number of nitrogens with one attached hydrogen (secondary N) is 1. The Bertz CT molecular complexity index is 968. The molecule has 0 bridgehead atoms. The molecule has 2 aromatic carbocycles. The van der Waals surface area contributed by atoms with Crippen LogP contribution < -0.4 is 14.9 Å². The van der Waals surface area contributed by atoms with Gasteiger partial charge >= 0.3 is 0 Å². The lowest BCUT2D eigenvalue weighted by molar-refractivity contribution is 0.0955. The van der Waals surface area contributed by atoms with E-state index in [0.717, 1.165) is 17.0 Å². The minimum atomic E-state index is -0.310. The molecule has 28 heavy (non-hydrogen) atoms. The number of methoxy groups -OCH3 is 2. The summed E-state index contributed by atoms with van der Waals surface area (Å²) < 4.78 is 12.1. The fourth-order valence-electron chi connectivity index (χ4n) is 2.59. The molecular formula is C19H20N6O3. The van der Waals surface area contributed by atoms with Gasteiger partial charge in [-0.15, -0.1) is 5.10 Å². The fraction of sp³-hybridized carbons (Fsp3) is 0.211. The fourth-order valence-corrected chi connectivity index (χ4v) is 2.59. The second-order valence-corrected chi connectivity index (χ2v) is 5.72. The molecule has 1 N–H and O–H groups in total. The maximum atomic E-state index is 12.4. The number of hydrogen-bond donors (Lipinski definition) is 1. The number of hydrogen-bond acceptors (Lipinski definition) is 7. The van der Waals surface area contributed by atoms with Crippen LogP contribution in [0.1, 0.15) is 29.3 Å². The van der Waals surface area contributed by atoms with Gasteiger partial charge in [0, 0.05) is 11.1 Å². The van der Waals surface area contributed by atoms with E-state index in [0.29, 0.717) is 23.5 Å². The van der Waals surface area contributed by atoms with Crippen molar-refractivity contribution in [3.63, 3.8) is 0 Å². The molecule has 0 aliphatic carbocycles. The van der Waals surface area contributed by atoms with E-state index in [9.17, 15) is 4.79 Å². The summed E-state index contributed by atoms with van der Waals surface area (Å²) in [6.45, 7) is 1.96. The van der Waals surface area contributed by atoms with Gasteiger partial charge in [-0.05, 0) is 59.3 Å². The second-order valence-electron chi connectivity index (χ2n) is 5.72. The first-order valence-corrected chi connectivity index (χ1v) is 8.59. The number of carbonyl (C=O) groups excluding carboxylic acids is 1. The molecule has 0 spiro atoms. The number of amides is 1.